The first-order chi connectivity index (χ1) is 11.3. The second-order valence-corrected chi connectivity index (χ2v) is 6.73. The molecule has 1 unspecified atom stereocenters. The third kappa shape index (κ3) is 6.71. The van der Waals surface area contributed by atoms with Gasteiger partial charge < -0.3 is 15.5 Å². The Bertz CT molecular complexity index is 517. The lowest BCUT2D eigenvalue weighted by Crippen LogP contribution is -3.15. The van der Waals surface area contributed by atoms with Gasteiger partial charge in [-0.05, 0) is 32.8 Å². The topological polar surface area (TPSA) is 62.6 Å². The van der Waals surface area contributed by atoms with Crippen LogP contribution in [0.15, 0.2) is 30.3 Å². The first-order valence-electron chi connectivity index (χ1n) is 8.79. The predicted molar refractivity (Wildman–Crippen MR) is 97.0 cm³/mol. The van der Waals surface area contributed by atoms with Crippen LogP contribution < -0.4 is 15.5 Å². The maximum atomic E-state index is 12.4. The van der Waals surface area contributed by atoms with Crippen molar-refractivity contribution in [2.45, 2.75) is 52.1 Å². The Morgan fingerprint density at radius 3 is 2.29 bits per heavy atom. The zero-order valence-corrected chi connectivity index (χ0v) is 15.6. The van der Waals surface area contributed by atoms with Gasteiger partial charge in [0.2, 0.25) is 0 Å². The maximum absolute atomic E-state index is 12.4. The second-order valence-electron chi connectivity index (χ2n) is 6.73. The highest BCUT2D eigenvalue weighted by molar-refractivity contribution is 5.81. The van der Waals surface area contributed by atoms with Gasteiger partial charge in [0.1, 0.15) is 0 Å². The smallest absolute Gasteiger partial charge is 0.278 e. The van der Waals surface area contributed by atoms with Gasteiger partial charge in [-0.1, -0.05) is 37.3 Å². The van der Waals surface area contributed by atoms with Gasteiger partial charge in [-0.3, -0.25) is 9.59 Å². The van der Waals surface area contributed by atoms with Gasteiger partial charge in [0.25, 0.3) is 11.8 Å². The van der Waals surface area contributed by atoms with Crippen LogP contribution in [0, 0.1) is 0 Å². The summed E-state index contributed by atoms with van der Waals surface area (Å²) in [6, 6.07) is 10.1. The summed E-state index contributed by atoms with van der Waals surface area (Å²) in [4.78, 5) is 25.1. The molecule has 1 rings (SSSR count). The summed E-state index contributed by atoms with van der Waals surface area (Å²) in [6.45, 7) is 8.76. The van der Waals surface area contributed by atoms with Crippen molar-refractivity contribution in [2.75, 3.05) is 20.1 Å². The highest BCUT2D eigenvalue weighted by Crippen LogP contribution is 2.17. The monoisotopic (exact) mass is 334 g/mol. The molecule has 24 heavy (non-hydrogen) atoms. The molecule has 5 heteroatoms. The molecule has 0 saturated heterocycles. The van der Waals surface area contributed by atoms with Crippen LogP contribution >= 0.6 is 0 Å². The molecule has 0 heterocycles. The Kier molecular flexibility index (Phi) is 8.47. The van der Waals surface area contributed by atoms with Crippen LogP contribution in [-0.4, -0.2) is 44.0 Å². The van der Waals surface area contributed by atoms with E-state index in [0.29, 0.717) is 19.0 Å². The molecular weight excluding hydrogens is 302 g/mol. The van der Waals surface area contributed by atoms with E-state index < -0.39 is 0 Å². The fourth-order valence-electron chi connectivity index (χ4n) is 2.60. The SMILES string of the molecule is CC[C@@H](CNC(=O)[C@H](C)[NH+](C)CC(=O)NC(C)C)c1ccccc1. The van der Waals surface area contributed by atoms with E-state index in [1.165, 1.54) is 5.56 Å². The van der Waals surface area contributed by atoms with Crippen LogP contribution in [0.3, 0.4) is 0 Å². The maximum Gasteiger partial charge on any atom is 0.278 e. The van der Waals surface area contributed by atoms with Crippen LogP contribution in [0.1, 0.15) is 45.6 Å². The number of nitrogens with one attached hydrogen (secondary N) is 3. The minimum Gasteiger partial charge on any atom is -0.350 e. The number of carbonyl (C=O) groups is 2. The number of rotatable bonds is 9. The summed E-state index contributed by atoms with van der Waals surface area (Å²) >= 11 is 0. The normalized spacial score (nSPS) is 14.8. The number of benzene rings is 1. The molecule has 1 aromatic carbocycles. The third-order valence-electron chi connectivity index (χ3n) is 4.31. The first-order valence-corrected chi connectivity index (χ1v) is 8.79. The molecule has 2 amide bonds. The summed E-state index contributed by atoms with van der Waals surface area (Å²) in [6.07, 6.45) is 0.970. The summed E-state index contributed by atoms with van der Waals surface area (Å²) in [5, 5.41) is 5.89. The number of hydrogen-bond donors (Lipinski definition) is 3. The van der Waals surface area contributed by atoms with Crippen LogP contribution in [0.2, 0.25) is 0 Å². The highest BCUT2D eigenvalue weighted by Gasteiger charge is 2.24. The molecule has 0 aromatic heterocycles. The molecule has 3 atom stereocenters. The first kappa shape index (κ1) is 20.2. The number of carbonyl (C=O) groups excluding carboxylic acids is 2. The molecule has 134 valence electrons. The van der Waals surface area contributed by atoms with Gasteiger partial charge in [0, 0.05) is 18.5 Å². The number of quaternary nitrogens is 1. The Labute approximate surface area is 145 Å². The zero-order valence-electron chi connectivity index (χ0n) is 15.6. The molecule has 0 aliphatic carbocycles. The lowest BCUT2D eigenvalue weighted by atomic mass is 9.96. The van der Waals surface area contributed by atoms with Gasteiger partial charge in [0.05, 0.1) is 7.05 Å². The molecule has 0 spiro atoms. The van der Waals surface area contributed by atoms with Gasteiger partial charge in [-0.25, -0.2) is 0 Å². The van der Waals surface area contributed by atoms with Gasteiger partial charge in [-0.15, -0.1) is 0 Å². The standard InChI is InChI=1S/C19H31N3O2/c1-6-16(17-10-8-7-9-11-17)12-20-19(24)15(4)22(5)13-18(23)21-14(2)3/h7-11,14-16H,6,12-13H2,1-5H3,(H,20,24)(H,21,23)/p+1/t15-,16-/m0/s1. The van der Waals surface area contributed by atoms with E-state index >= 15 is 0 Å². The van der Waals surface area contributed by atoms with Crippen molar-refractivity contribution in [3.63, 3.8) is 0 Å². The molecule has 3 N–H and O–H groups in total. The molecule has 0 aliphatic heterocycles. The lowest BCUT2D eigenvalue weighted by Gasteiger charge is -2.22. The zero-order chi connectivity index (χ0) is 18.1. The van der Waals surface area contributed by atoms with Crippen molar-refractivity contribution >= 4 is 11.8 Å². The van der Waals surface area contributed by atoms with Crippen LogP contribution in [0.4, 0.5) is 0 Å². The van der Waals surface area contributed by atoms with Crippen molar-refractivity contribution in [1.82, 2.24) is 10.6 Å². The fraction of sp³-hybridized carbons (Fsp3) is 0.579. The Morgan fingerprint density at radius 1 is 1.12 bits per heavy atom. The average molecular weight is 334 g/mol. The van der Waals surface area contributed by atoms with E-state index in [9.17, 15) is 9.59 Å². The molecule has 0 aliphatic rings. The van der Waals surface area contributed by atoms with Crippen molar-refractivity contribution in [3.8, 4) is 0 Å². The van der Waals surface area contributed by atoms with E-state index in [1.54, 1.807) is 0 Å². The van der Waals surface area contributed by atoms with Crippen LogP contribution in [0.25, 0.3) is 0 Å². The van der Waals surface area contributed by atoms with Crippen molar-refractivity contribution in [1.29, 1.82) is 0 Å². The average Bonchev–Trinajstić information content (AvgIpc) is 2.54. The molecular formula is C19H32N3O2+. The summed E-state index contributed by atoms with van der Waals surface area (Å²) in [7, 11) is 1.87. The van der Waals surface area contributed by atoms with E-state index in [-0.39, 0.29) is 23.9 Å². The molecule has 0 bridgehead atoms. The van der Waals surface area contributed by atoms with E-state index in [4.69, 9.17) is 0 Å². The molecule has 0 radical (unpaired) electrons. The quantitative estimate of drug-likeness (QED) is 0.623. The molecule has 1 aromatic rings. The number of hydrogen-bond acceptors (Lipinski definition) is 2. The molecule has 0 saturated carbocycles. The summed E-state index contributed by atoms with van der Waals surface area (Å²) in [5.41, 5.74) is 1.24. The van der Waals surface area contributed by atoms with E-state index in [0.717, 1.165) is 11.3 Å². The van der Waals surface area contributed by atoms with Crippen LogP contribution in [-0.2, 0) is 9.59 Å². The largest absolute Gasteiger partial charge is 0.350 e. The minimum absolute atomic E-state index is 0.0146. The van der Waals surface area contributed by atoms with Crippen molar-refractivity contribution < 1.29 is 14.5 Å². The molecule has 5 nitrogen and oxygen atoms in total. The van der Waals surface area contributed by atoms with Gasteiger partial charge in [0.15, 0.2) is 12.6 Å². The van der Waals surface area contributed by atoms with E-state index in [2.05, 4.69) is 29.7 Å². The third-order valence-corrected chi connectivity index (χ3v) is 4.31. The fourth-order valence-corrected chi connectivity index (χ4v) is 2.60. The van der Waals surface area contributed by atoms with Crippen molar-refractivity contribution in [3.05, 3.63) is 35.9 Å². The van der Waals surface area contributed by atoms with Gasteiger partial charge >= 0.3 is 0 Å². The Balaban J connectivity index is 2.49. The minimum atomic E-state index is -0.267. The lowest BCUT2D eigenvalue weighted by molar-refractivity contribution is -0.886. The highest BCUT2D eigenvalue weighted by atomic mass is 16.2. The second kappa shape index (κ2) is 10.1. The van der Waals surface area contributed by atoms with Crippen LogP contribution in [0.5, 0.6) is 0 Å². The van der Waals surface area contributed by atoms with Gasteiger partial charge in [-0.2, -0.15) is 0 Å². The van der Waals surface area contributed by atoms with E-state index in [1.807, 2.05) is 46.0 Å². The Hall–Kier alpha value is -1.88. The molecule has 0 fully saturated rings. The van der Waals surface area contributed by atoms with Crippen molar-refractivity contribution in [2.24, 2.45) is 0 Å². The Morgan fingerprint density at radius 2 is 1.75 bits per heavy atom. The number of likely N-dealkylation sites (N-methyl/N-ethyl adjacent to an activating group) is 1. The number of amides is 2. The predicted octanol–water partition coefficient (Wildman–Crippen LogP) is 0.724. The summed E-state index contributed by atoms with van der Waals surface area (Å²) < 4.78 is 0. The summed E-state index contributed by atoms with van der Waals surface area (Å²) in [5.74, 6) is 0.268.